The molecule has 28 heavy (non-hydrogen) atoms. The molecule has 0 bridgehead atoms. The number of rotatable bonds is 6. The molecule has 0 spiro atoms. The van der Waals surface area contributed by atoms with E-state index in [-0.39, 0.29) is 5.97 Å². The van der Waals surface area contributed by atoms with Gasteiger partial charge in [0.2, 0.25) is 0 Å². The Morgan fingerprint density at radius 2 is 1.54 bits per heavy atom. The largest absolute Gasteiger partial charge is 0.462 e. The normalized spacial score (nSPS) is 11.2. The molecule has 3 rings (SSSR count). The second-order valence-corrected chi connectivity index (χ2v) is 6.51. The molecule has 0 aromatic heterocycles. The molecular weight excluding hydrogens is 344 g/mol. The van der Waals surface area contributed by atoms with Crippen LogP contribution in [0.4, 0.5) is 0 Å². The number of carbonyl (C=O) groups excluding carboxylic acids is 1. The van der Waals surface area contributed by atoms with Crippen molar-refractivity contribution in [3.05, 3.63) is 107 Å². The Hall–Kier alpha value is -3.39. The number of benzene rings is 3. The highest BCUT2D eigenvalue weighted by Crippen LogP contribution is 2.25. The van der Waals surface area contributed by atoms with Crippen LogP contribution in [0, 0.1) is 6.92 Å². The zero-order valence-corrected chi connectivity index (χ0v) is 16.3. The van der Waals surface area contributed by atoms with Gasteiger partial charge < -0.3 is 4.74 Å². The van der Waals surface area contributed by atoms with Gasteiger partial charge >= 0.3 is 5.97 Å². The first-order chi connectivity index (χ1) is 13.7. The van der Waals surface area contributed by atoms with E-state index in [1.165, 1.54) is 22.3 Å². The van der Waals surface area contributed by atoms with Gasteiger partial charge in [-0.05, 0) is 48.2 Å². The maximum atomic E-state index is 11.7. The summed E-state index contributed by atoms with van der Waals surface area (Å²) in [5.74, 6) is -0.286. The van der Waals surface area contributed by atoms with Crippen molar-refractivity contribution in [1.29, 1.82) is 0 Å². The smallest absolute Gasteiger partial charge is 0.338 e. The lowest BCUT2D eigenvalue weighted by Gasteiger charge is -2.06. The van der Waals surface area contributed by atoms with E-state index >= 15 is 0 Å². The molecule has 3 aromatic rings. The number of carbonyl (C=O) groups is 1. The van der Waals surface area contributed by atoms with E-state index in [9.17, 15) is 4.79 Å². The molecule has 0 aliphatic rings. The summed E-state index contributed by atoms with van der Waals surface area (Å²) in [7, 11) is 0. The molecule has 0 saturated heterocycles. The highest BCUT2D eigenvalue weighted by Gasteiger charge is 2.04. The molecule has 3 aromatic carbocycles. The minimum atomic E-state index is -0.286. The van der Waals surface area contributed by atoms with Crippen molar-refractivity contribution in [3.63, 3.8) is 0 Å². The predicted molar refractivity (Wildman–Crippen MR) is 117 cm³/mol. The zero-order valence-electron chi connectivity index (χ0n) is 16.3. The first kappa shape index (κ1) is 19.4. The molecule has 0 aliphatic carbocycles. The van der Waals surface area contributed by atoms with Crippen LogP contribution in [0.2, 0.25) is 0 Å². The molecule has 140 valence electrons. The third-order valence-corrected chi connectivity index (χ3v) is 4.42. The second kappa shape index (κ2) is 9.52. The van der Waals surface area contributed by atoms with Crippen molar-refractivity contribution < 1.29 is 9.53 Å². The van der Waals surface area contributed by atoms with Gasteiger partial charge in [0.15, 0.2) is 0 Å². The van der Waals surface area contributed by atoms with Crippen molar-refractivity contribution in [1.82, 2.24) is 0 Å². The number of ether oxygens (including phenoxy) is 1. The summed E-state index contributed by atoms with van der Waals surface area (Å²) in [5, 5.41) is 0. The van der Waals surface area contributed by atoms with E-state index < -0.39 is 0 Å². The quantitative estimate of drug-likeness (QED) is 0.363. The van der Waals surface area contributed by atoms with E-state index in [0.717, 1.165) is 5.56 Å². The molecule has 0 N–H and O–H groups in total. The molecule has 0 heterocycles. The van der Waals surface area contributed by atoms with Crippen LogP contribution >= 0.6 is 0 Å². The monoisotopic (exact) mass is 368 g/mol. The van der Waals surface area contributed by atoms with Gasteiger partial charge in [-0.3, -0.25) is 0 Å². The Morgan fingerprint density at radius 1 is 0.857 bits per heavy atom. The van der Waals surface area contributed by atoms with Gasteiger partial charge in [0, 0.05) is 0 Å². The Bertz CT molecular complexity index is 978. The zero-order chi connectivity index (χ0) is 19.8. The molecular formula is C26H24O2. The minimum Gasteiger partial charge on any atom is -0.462 e. The van der Waals surface area contributed by atoms with Gasteiger partial charge in [-0.2, -0.15) is 0 Å². The highest BCUT2D eigenvalue weighted by molar-refractivity contribution is 5.89. The minimum absolute atomic E-state index is 0.286. The number of hydrogen-bond donors (Lipinski definition) is 0. The SMILES string of the molecule is CCOC(=O)c1ccc(/C=C/C=C\c2ccccc2-c2ccc(C)cc2)cc1. The average Bonchev–Trinajstić information content (AvgIpc) is 2.73. The fourth-order valence-electron chi connectivity index (χ4n) is 2.91. The van der Waals surface area contributed by atoms with E-state index in [1.54, 1.807) is 19.1 Å². The fraction of sp³-hybridized carbons (Fsp3) is 0.115. The summed E-state index contributed by atoms with van der Waals surface area (Å²) in [6.07, 6.45) is 8.16. The fourth-order valence-corrected chi connectivity index (χ4v) is 2.91. The van der Waals surface area contributed by atoms with Crippen LogP contribution in [0.25, 0.3) is 23.3 Å². The Kier molecular flexibility index (Phi) is 6.59. The van der Waals surface area contributed by atoms with Crippen LogP contribution < -0.4 is 0 Å². The maximum absolute atomic E-state index is 11.7. The third-order valence-electron chi connectivity index (χ3n) is 4.42. The predicted octanol–water partition coefficient (Wildman–Crippen LogP) is 6.57. The first-order valence-corrected chi connectivity index (χ1v) is 9.45. The number of allylic oxidation sites excluding steroid dienone is 2. The number of hydrogen-bond acceptors (Lipinski definition) is 2. The molecule has 2 heteroatoms. The third kappa shape index (κ3) is 5.08. The molecule has 0 fully saturated rings. The van der Waals surface area contributed by atoms with Crippen molar-refractivity contribution >= 4 is 18.1 Å². The Labute approximate surface area is 166 Å². The summed E-state index contributed by atoms with van der Waals surface area (Å²) >= 11 is 0. The molecule has 0 unspecified atom stereocenters. The van der Waals surface area contributed by atoms with Crippen molar-refractivity contribution in [2.45, 2.75) is 13.8 Å². The van der Waals surface area contributed by atoms with Crippen LogP contribution in [0.1, 0.15) is 34.0 Å². The van der Waals surface area contributed by atoms with Gasteiger partial charge in [-0.25, -0.2) is 4.79 Å². The molecule has 0 aliphatic heterocycles. The first-order valence-electron chi connectivity index (χ1n) is 9.45. The van der Waals surface area contributed by atoms with Crippen LogP contribution in [-0.4, -0.2) is 12.6 Å². The van der Waals surface area contributed by atoms with Crippen molar-refractivity contribution in [3.8, 4) is 11.1 Å². The summed E-state index contributed by atoms with van der Waals surface area (Å²) in [6, 6.07) is 24.4. The summed E-state index contributed by atoms with van der Waals surface area (Å²) in [5.41, 5.74) is 6.46. The summed E-state index contributed by atoms with van der Waals surface area (Å²) in [4.78, 5) is 11.7. The average molecular weight is 368 g/mol. The van der Waals surface area contributed by atoms with E-state index in [4.69, 9.17) is 4.74 Å². The topological polar surface area (TPSA) is 26.3 Å². The van der Waals surface area contributed by atoms with E-state index in [0.29, 0.717) is 12.2 Å². The Morgan fingerprint density at radius 3 is 2.25 bits per heavy atom. The molecule has 2 nitrogen and oxygen atoms in total. The van der Waals surface area contributed by atoms with Crippen LogP contribution in [-0.2, 0) is 4.74 Å². The summed E-state index contributed by atoms with van der Waals surface area (Å²) in [6.45, 7) is 4.29. The van der Waals surface area contributed by atoms with Crippen LogP contribution in [0.3, 0.4) is 0 Å². The number of aryl methyl sites for hydroxylation is 1. The molecule has 0 radical (unpaired) electrons. The Balaban J connectivity index is 1.71. The standard InChI is InChI=1S/C26H24O2/c1-3-28-26(27)24-18-14-21(15-19-24)8-4-5-9-22-10-6-7-11-25(22)23-16-12-20(2)13-17-23/h4-19H,3H2,1-2H3/b8-4+,9-5-. The van der Waals surface area contributed by atoms with Crippen molar-refractivity contribution in [2.24, 2.45) is 0 Å². The highest BCUT2D eigenvalue weighted by atomic mass is 16.5. The van der Waals surface area contributed by atoms with E-state index in [1.807, 2.05) is 30.4 Å². The van der Waals surface area contributed by atoms with Gasteiger partial charge in [-0.15, -0.1) is 0 Å². The van der Waals surface area contributed by atoms with E-state index in [2.05, 4.69) is 61.5 Å². The molecule has 0 saturated carbocycles. The molecule has 0 amide bonds. The van der Waals surface area contributed by atoms with Gasteiger partial charge in [0.05, 0.1) is 12.2 Å². The van der Waals surface area contributed by atoms with Crippen molar-refractivity contribution in [2.75, 3.05) is 6.61 Å². The van der Waals surface area contributed by atoms with Crippen LogP contribution in [0.5, 0.6) is 0 Å². The second-order valence-electron chi connectivity index (χ2n) is 6.51. The summed E-state index contributed by atoms with van der Waals surface area (Å²) < 4.78 is 5.00. The van der Waals surface area contributed by atoms with Gasteiger partial charge in [0.1, 0.15) is 0 Å². The van der Waals surface area contributed by atoms with Gasteiger partial charge in [-0.1, -0.05) is 90.5 Å². The van der Waals surface area contributed by atoms with Crippen LogP contribution in [0.15, 0.2) is 84.9 Å². The lowest BCUT2D eigenvalue weighted by atomic mass is 9.98. The van der Waals surface area contributed by atoms with Gasteiger partial charge in [0.25, 0.3) is 0 Å². The lowest BCUT2D eigenvalue weighted by Crippen LogP contribution is -2.03. The number of esters is 1. The molecule has 0 atom stereocenters. The lowest BCUT2D eigenvalue weighted by molar-refractivity contribution is 0.0526. The maximum Gasteiger partial charge on any atom is 0.338 e.